The fourth-order valence-corrected chi connectivity index (χ4v) is 1.36. The van der Waals surface area contributed by atoms with Gasteiger partial charge in [0.25, 0.3) is 0 Å². The summed E-state index contributed by atoms with van der Waals surface area (Å²) in [6, 6.07) is 0. The molecule has 6 heteroatoms. The molecule has 0 radical (unpaired) electrons. The molecular weight excluding hydrogens is 190 g/mol. The second-order valence-corrected chi connectivity index (χ2v) is 3.92. The zero-order valence-electron chi connectivity index (χ0n) is 8.11. The average molecular weight is 204 g/mol. The molecule has 0 aliphatic rings. The number of nitrogens with zero attached hydrogens (tertiary/aromatic N) is 5. The normalized spacial score (nSPS) is 13.6. The Morgan fingerprint density at radius 2 is 2.31 bits per heavy atom. The molecule has 0 aromatic carbocycles. The van der Waals surface area contributed by atoms with Crippen LogP contribution >= 0.6 is 11.6 Å². The van der Waals surface area contributed by atoms with Crippen LogP contribution in [0.5, 0.6) is 0 Å². The average Bonchev–Trinajstić information content (AvgIpc) is 2.33. The molecule has 0 amide bonds. The van der Waals surface area contributed by atoms with Gasteiger partial charge in [-0.05, 0) is 19.2 Å². The first-order valence-electron chi connectivity index (χ1n) is 4.13. The Morgan fingerprint density at radius 3 is 2.77 bits per heavy atom. The molecule has 1 atom stereocenters. The first-order chi connectivity index (χ1) is 6.08. The van der Waals surface area contributed by atoms with Crippen molar-refractivity contribution in [3.05, 3.63) is 5.82 Å². The van der Waals surface area contributed by atoms with E-state index < -0.39 is 0 Å². The molecule has 0 aliphatic carbocycles. The largest absolute Gasteiger partial charge is 0.297 e. The highest BCUT2D eigenvalue weighted by Gasteiger charge is 2.07. The molecule has 0 spiro atoms. The summed E-state index contributed by atoms with van der Waals surface area (Å²) in [5.41, 5.74) is 0. The highest BCUT2D eigenvalue weighted by atomic mass is 35.5. The van der Waals surface area contributed by atoms with E-state index in [0.29, 0.717) is 6.54 Å². The number of halogens is 1. The van der Waals surface area contributed by atoms with Crippen LogP contribution in [0.2, 0.25) is 0 Å². The molecule has 74 valence electrons. The van der Waals surface area contributed by atoms with Gasteiger partial charge in [0.05, 0.1) is 13.6 Å². The maximum absolute atomic E-state index is 5.84. The predicted octanol–water partition coefficient (Wildman–Crippen LogP) is 0.269. The maximum Gasteiger partial charge on any atom is 0.188 e. The van der Waals surface area contributed by atoms with E-state index in [-0.39, 0.29) is 5.38 Å². The molecular formula is C7H14ClN5. The highest BCUT2D eigenvalue weighted by molar-refractivity contribution is 6.20. The van der Waals surface area contributed by atoms with Crippen LogP contribution in [0.4, 0.5) is 0 Å². The molecule has 0 fully saturated rings. The molecule has 1 rings (SSSR count). The van der Waals surface area contributed by atoms with Crippen molar-refractivity contribution in [2.45, 2.75) is 18.8 Å². The smallest absolute Gasteiger partial charge is 0.188 e. The molecule has 0 aliphatic heterocycles. The molecule has 1 heterocycles. The van der Waals surface area contributed by atoms with Crippen molar-refractivity contribution in [3.63, 3.8) is 0 Å². The number of tetrazole rings is 1. The Balaban J connectivity index is 2.40. The van der Waals surface area contributed by atoms with Crippen molar-refractivity contribution in [1.29, 1.82) is 0 Å². The maximum atomic E-state index is 5.84. The van der Waals surface area contributed by atoms with E-state index >= 15 is 0 Å². The summed E-state index contributed by atoms with van der Waals surface area (Å²) in [4.78, 5) is 3.52. The third kappa shape index (κ3) is 3.69. The standard InChI is InChI=1S/C7H14ClN5/c1-6(8)4-12(2)5-7-9-11-13(3)10-7/h6H,4-5H2,1-3H3. The lowest BCUT2D eigenvalue weighted by Crippen LogP contribution is -2.24. The van der Waals surface area contributed by atoms with Crippen LogP contribution in [-0.2, 0) is 13.6 Å². The van der Waals surface area contributed by atoms with Crippen molar-refractivity contribution in [1.82, 2.24) is 25.1 Å². The van der Waals surface area contributed by atoms with E-state index in [4.69, 9.17) is 11.6 Å². The van der Waals surface area contributed by atoms with Crippen molar-refractivity contribution in [2.24, 2.45) is 7.05 Å². The van der Waals surface area contributed by atoms with Crippen LogP contribution in [0, 0.1) is 0 Å². The molecule has 0 saturated heterocycles. The van der Waals surface area contributed by atoms with E-state index in [0.717, 1.165) is 12.4 Å². The van der Waals surface area contributed by atoms with Crippen LogP contribution in [0.25, 0.3) is 0 Å². The first kappa shape index (κ1) is 10.4. The third-order valence-corrected chi connectivity index (χ3v) is 1.66. The van der Waals surface area contributed by atoms with E-state index in [1.54, 1.807) is 7.05 Å². The van der Waals surface area contributed by atoms with Gasteiger partial charge < -0.3 is 0 Å². The highest BCUT2D eigenvalue weighted by Crippen LogP contribution is 1.99. The van der Waals surface area contributed by atoms with Gasteiger partial charge in [-0.3, -0.25) is 4.90 Å². The van der Waals surface area contributed by atoms with Crippen molar-refractivity contribution in [2.75, 3.05) is 13.6 Å². The quantitative estimate of drug-likeness (QED) is 0.660. The molecule has 1 aromatic heterocycles. The van der Waals surface area contributed by atoms with Gasteiger partial charge in [0.1, 0.15) is 0 Å². The Morgan fingerprint density at radius 1 is 1.62 bits per heavy atom. The second-order valence-electron chi connectivity index (χ2n) is 3.17. The zero-order chi connectivity index (χ0) is 9.84. The van der Waals surface area contributed by atoms with Gasteiger partial charge in [-0.2, -0.15) is 4.80 Å². The van der Waals surface area contributed by atoms with Crippen LogP contribution in [0.3, 0.4) is 0 Å². The molecule has 0 saturated carbocycles. The summed E-state index contributed by atoms with van der Waals surface area (Å²) in [5, 5.41) is 11.8. The topological polar surface area (TPSA) is 46.8 Å². The van der Waals surface area contributed by atoms with Crippen molar-refractivity contribution < 1.29 is 0 Å². The van der Waals surface area contributed by atoms with Gasteiger partial charge in [-0.1, -0.05) is 0 Å². The van der Waals surface area contributed by atoms with Crippen molar-refractivity contribution in [3.8, 4) is 0 Å². The summed E-state index contributed by atoms with van der Waals surface area (Å²) in [6.45, 7) is 3.47. The molecule has 1 aromatic rings. The van der Waals surface area contributed by atoms with E-state index in [2.05, 4.69) is 20.3 Å². The Labute approximate surface area is 82.7 Å². The Kier molecular flexibility index (Phi) is 3.62. The summed E-state index contributed by atoms with van der Waals surface area (Å²) in [7, 11) is 3.73. The fraction of sp³-hybridized carbons (Fsp3) is 0.857. The van der Waals surface area contributed by atoms with E-state index in [9.17, 15) is 0 Å². The van der Waals surface area contributed by atoms with Gasteiger partial charge in [0.2, 0.25) is 0 Å². The van der Waals surface area contributed by atoms with Gasteiger partial charge in [-0.15, -0.1) is 21.8 Å². The van der Waals surface area contributed by atoms with Crippen LogP contribution in [-0.4, -0.2) is 44.1 Å². The Hall–Kier alpha value is -0.680. The number of hydrogen-bond acceptors (Lipinski definition) is 4. The number of aryl methyl sites for hydroxylation is 1. The van der Waals surface area contributed by atoms with Crippen molar-refractivity contribution >= 4 is 11.6 Å². The van der Waals surface area contributed by atoms with Gasteiger partial charge in [0, 0.05) is 11.9 Å². The van der Waals surface area contributed by atoms with Gasteiger partial charge in [0.15, 0.2) is 5.82 Å². The van der Waals surface area contributed by atoms with Gasteiger partial charge in [-0.25, -0.2) is 0 Å². The number of alkyl halides is 1. The fourth-order valence-electron chi connectivity index (χ4n) is 1.12. The first-order valence-corrected chi connectivity index (χ1v) is 4.57. The number of aromatic nitrogens is 4. The molecule has 5 nitrogen and oxygen atoms in total. The summed E-state index contributed by atoms with van der Waals surface area (Å²) >= 11 is 5.84. The minimum atomic E-state index is 0.140. The number of hydrogen-bond donors (Lipinski definition) is 0. The minimum absolute atomic E-state index is 0.140. The molecule has 0 bridgehead atoms. The third-order valence-electron chi connectivity index (χ3n) is 1.52. The SMILES string of the molecule is CC(Cl)CN(C)Cc1nnn(C)n1. The molecule has 0 N–H and O–H groups in total. The zero-order valence-corrected chi connectivity index (χ0v) is 8.86. The van der Waals surface area contributed by atoms with Crippen LogP contribution in [0.15, 0.2) is 0 Å². The Bertz CT molecular complexity index is 259. The lowest BCUT2D eigenvalue weighted by atomic mass is 10.4. The van der Waals surface area contributed by atoms with E-state index in [1.807, 2.05) is 14.0 Å². The minimum Gasteiger partial charge on any atom is -0.297 e. The summed E-state index contributed by atoms with van der Waals surface area (Å²) < 4.78 is 0. The summed E-state index contributed by atoms with van der Waals surface area (Å²) in [6.07, 6.45) is 0. The summed E-state index contributed by atoms with van der Waals surface area (Å²) in [5.74, 6) is 0.724. The molecule has 1 unspecified atom stereocenters. The molecule has 13 heavy (non-hydrogen) atoms. The second kappa shape index (κ2) is 4.53. The lowest BCUT2D eigenvalue weighted by Gasteiger charge is -2.15. The van der Waals surface area contributed by atoms with Gasteiger partial charge >= 0.3 is 0 Å². The van der Waals surface area contributed by atoms with E-state index in [1.165, 1.54) is 4.80 Å². The van der Waals surface area contributed by atoms with Crippen LogP contribution < -0.4 is 0 Å². The lowest BCUT2D eigenvalue weighted by molar-refractivity contribution is 0.321. The van der Waals surface area contributed by atoms with Crippen LogP contribution in [0.1, 0.15) is 12.7 Å². The predicted molar refractivity (Wildman–Crippen MR) is 50.4 cm³/mol. The monoisotopic (exact) mass is 203 g/mol. The number of rotatable bonds is 4.